The van der Waals surface area contributed by atoms with E-state index < -0.39 is 0 Å². The molecule has 2 aromatic heterocycles. The first kappa shape index (κ1) is 14.4. The molecule has 4 nitrogen and oxygen atoms in total. The van der Waals surface area contributed by atoms with Crippen LogP contribution >= 0.6 is 34.9 Å². The lowest BCUT2D eigenvalue weighted by atomic mass is 10.2. The maximum atomic E-state index is 4.51. The quantitative estimate of drug-likeness (QED) is 0.841. The zero-order chi connectivity index (χ0) is 13.9. The third-order valence-electron chi connectivity index (χ3n) is 3.50. The number of thioether (sulfide) groups is 2. The zero-order valence-electron chi connectivity index (χ0n) is 11.6. The molecule has 2 unspecified atom stereocenters. The molecule has 0 spiro atoms. The molecule has 1 N–H and O–H groups in total. The van der Waals surface area contributed by atoms with E-state index in [9.17, 15) is 0 Å². The molecule has 1 fully saturated rings. The molecule has 20 heavy (non-hydrogen) atoms. The van der Waals surface area contributed by atoms with Crippen LogP contribution in [-0.4, -0.2) is 38.3 Å². The molecule has 1 aliphatic carbocycles. The maximum Gasteiger partial charge on any atom is 0.176 e. The summed E-state index contributed by atoms with van der Waals surface area (Å²) in [6, 6.07) is 0.526. The number of fused-ring (bicyclic) bond motifs is 1. The van der Waals surface area contributed by atoms with Crippen molar-refractivity contribution >= 4 is 51.0 Å². The van der Waals surface area contributed by atoms with Crippen LogP contribution < -0.4 is 5.32 Å². The van der Waals surface area contributed by atoms with Crippen molar-refractivity contribution in [3.8, 4) is 0 Å². The van der Waals surface area contributed by atoms with Gasteiger partial charge in [0.25, 0.3) is 0 Å². The topological polar surface area (TPSA) is 50.7 Å². The van der Waals surface area contributed by atoms with Crippen LogP contribution in [0.15, 0.2) is 10.7 Å². The van der Waals surface area contributed by atoms with Crippen LogP contribution in [-0.2, 0) is 0 Å². The molecule has 0 saturated heterocycles. The number of anilines is 1. The van der Waals surface area contributed by atoms with Gasteiger partial charge in [-0.15, -0.1) is 11.3 Å². The van der Waals surface area contributed by atoms with Crippen LogP contribution in [0, 0.1) is 0 Å². The van der Waals surface area contributed by atoms with Gasteiger partial charge < -0.3 is 5.32 Å². The van der Waals surface area contributed by atoms with Gasteiger partial charge in [0.1, 0.15) is 16.8 Å². The van der Waals surface area contributed by atoms with Crippen LogP contribution in [0.1, 0.15) is 26.2 Å². The zero-order valence-corrected chi connectivity index (χ0v) is 14.1. The molecule has 3 rings (SSSR count). The lowest BCUT2D eigenvalue weighted by Gasteiger charge is -2.20. The third-order valence-corrected chi connectivity index (χ3v) is 6.86. The number of nitrogens with one attached hydrogen (secondary N) is 1. The monoisotopic (exact) mass is 326 g/mol. The number of nitrogens with zero attached hydrogens (tertiary/aromatic N) is 3. The molecule has 2 atom stereocenters. The highest BCUT2D eigenvalue weighted by Crippen LogP contribution is 2.35. The van der Waals surface area contributed by atoms with Gasteiger partial charge in [-0.25, -0.2) is 15.0 Å². The Kier molecular flexibility index (Phi) is 4.68. The summed E-state index contributed by atoms with van der Waals surface area (Å²) in [5.41, 5.74) is 0.814. The van der Waals surface area contributed by atoms with Crippen LogP contribution in [0.3, 0.4) is 0 Å². The van der Waals surface area contributed by atoms with Gasteiger partial charge in [-0.05, 0) is 24.9 Å². The first-order valence-electron chi connectivity index (χ1n) is 6.85. The summed E-state index contributed by atoms with van der Waals surface area (Å²) < 4.78 is 2.14. The van der Waals surface area contributed by atoms with E-state index in [1.165, 1.54) is 25.0 Å². The van der Waals surface area contributed by atoms with E-state index in [1.54, 1.807) is 29.4 Å². The van der Waals surface area contributed by atoms with Crippen molar-refractivity contribution in [3.63, 3.8) is 0 Å². The SMILES string of the molecule is CCSC1CCCC1Nc1ncnc2nc(SC)sc12. The van der Waals surface area contributed by atoms with E-state index in [0.29, 0.717) is 11.3 Å². The standard InChI is InChI=1S/C13H18N4S3/c1-3-19-9-6-4-5-8(9)16-11-10-12(15-7-14-11)17-13(18-2)20-10/h7-9H,3-6H2,1-2H3,(H,14,15,16). The van der Waals surface area contributed by atoms with Crippen LogP contribution in [0.25, 0.3) is 10.3 Å². The molecule has 0 radical (unpaired) electrons. The first-order valence-corrected chi connectivity index (χ1v) is 9.94. The summed E-state index contributed by atoms with van der Waals surface area (Å²) >= 11 is 5.40. The second-order valence-corrected chi connectivity index (χ2v) is 8.30. The van der Waals surface area contributed by atoms with Gasteiger partial charge in [0.2, 0.25) is 0 Å². The summed E-state index contributed by atoms with van der Waals surface area (Å²) in [5, 5.41) is 4.35. The molecule has 1 aliphatic rings. The number of aromatic nitrogens is 3. The number of hydrogen-bond acceptors (Lipinski definition) is 7. The predicted molar refractivity (Wildman–Crippen MR) is 90.2 cm³/mol. The van der Waals surface area contributed by atoms with E-state index >= 15 is 0 Å². The molecule has 2 heterocycles. The summed E-state index contributed by atoms with van der Waals surface area (Å²) in [6.07, 6.45) is 7.51. The van der Waals surface area contributed by atoms with Crippen LogP contribution in [0.2, 0.25) is 0 Å². The van der Waals surface area contributed by atoms with Crippen molar-refractivity contribution in [2.75, 3.05) is 17.3 Å². The Hall–Kier alpha value is -0.530. The fourth-order valence-electron chi connectivity index (χ4n) is 2.61. The van der Waals surface area contributed by atoms with Crippen molar-refractivity contribution in [1.29, 1.82) is 0 Å². The number of hydrogen-bond donors (Lipinski definition) is 1. The second kappa shape index (κ2) is 6.49. The normalized spacial score (nSPS) is 22.5. The van der Waals surface area contributed by atoms with Crippen molar-refractivity contribution in [2.45, 2.75) is 41.8 Å². The Morgan fingerprint density at radius 1 is 1.40 bits per heavy atom. The highest BCUT2D eigenvalue weighted by molar-refractivity contribution is 8.00. The van der Waals surface area contributed by atoms with Gasteiger partial charge in [-0.2, -0.15) is 11.8 Å². The Morgan fingerprint density at radius 3 is 3.10 bits per heavy atom. The molecule has 2 aromatic rings. The van der Waals surface area contributed by atoms with Crippen LogP contribution in [0.4, 0.5) is 5.82 Å². The van der Waals surface area contributed by atoms with Crippen molar-refractivity contribution in [2.24, 2.45) is 0 Å². The average Bonchev–Trinajstić information content (AvgIpc) is 3.06. The maximum absolute atomic E-state index is 4.51. The lowest BCUT2D eigenvalue weighted by Crippen LogP contribution is -2.26. The van der Waals surface area contributed by atoms with E-state index in [-0.39, 0.29) is 0 Å². The minimum atomic E-state index is 0.526. The van der Waals surface area contributed by atoms with Gasteiger partial charge in [0, 0.05) is 11.3 Å². The molecular formula is C13H18N4S3. The summed E-state index contributed by atoms with van der Waals surface area (Å²) in [5.74, 6) is 2.14. The van der Waals surface area contributed by atoms with Gasteiger partial charge >= 0.3 is 0 Å². The fraction of sp³-hybridized carbons (Fsp3) is 0.615. The molecule has 108 valence electrons. The average molecular weight is 327 g/mol. The minimum absolute atomic E-state index is 0.526. The fourth-order valence-corrected chi connectivity index (χ4v) is 5.27. The van der Waals surface area contributed by atoms with Crippen molar-refractivity contribution in [3.05, 3.63) is 6.33 Å². The smallest absolute Gasteiger partial charge is 0.176 e. The molecule has 1 saturated carbocycles. The van der Waals surface area contributed by atoms with E-state index in [0.717, 1.165) is 20.5 Å². The molecule has 7 heteroatoms. The Morgan fingerprint density at radius 2 is 2.30 bits per heavy atom. The predicted octanol–water partition coefficient (Wildman–Crippen LogP) is 3.89. The number of rotatable bonds is 5. The highest BCUT2D eigenvalue weighted by Gasteiger charge is 2.28. The highest BCUT2D eigenvalue weighted by atomic mass is 32.2. The van der Waals surface area contributed by atoms with Crippen LogP contribution in [0.5, 0.6) is 0 Å². The molecule has 0 aromatic carbocycles. The van der Waals surface area contributed by atoms with Gasteiger partial charge in [0.15, 0.2) is 9.99 Å². The largest absolute Gasteiger partial charge is 0.365 e. The summed E-state index contributed by atoms with van der Waals surface area (Å²) in [4.78, 5) is 13.2. The summed E-state index contributed by atoms with van der Waals surface area (Å²) in [7, 11) is 0. The van der Waals surface area contributed by atoms with E-state index in [1.807, 2.05) is 6.26 Å². The van der Waals surface area contributed by atoms with E-state index in [4.69, 9.17) is 0 Å². The third kappa shape index (κ3) is 2.89. The Labute approximate surface area is 131 Å². The Bertz CT molecular complexity index is 586. The summed E-state index contributed by atoms with van der Waals surface area (Å²) in [6.45, 7) is 2.23. The molecular weight excluding hydrogens is 308 g/mol. The van der Waals surface area contributed by atoms with E-state index in [2.05, 4.69) is 39.0 Å². The Balaban J connectivity index is 1.84. The molecule has 0 bridgehead atoms. The first-order chi connectivity index (χ1) is 9.81. The van der Waals surface area contributed by atoms with Gasteiger partial charge in [0.05, 0.1) is 0 Å². The minimum Gasteiger partial charge on any atom is -0.365 e. The number of thiazole rings is 1. The van der Waals surface area contributed by atoms with Crippen molar-refractivity contribution < 1.29 is 0 Å². The van der Waals surface area contributed by atoms with Gasteiger partial charge in [-0.1, -0.05) is 25.1 Å². The van der Waals surface area contributed by atoms with Gasteiger partial charge in [-0.3, -0.25) is 0 Å². The lowest BCUT2D eigenvalue weighted by molar-refractivity contribution is 0.764. The second-order valence-electron chi connectivity index (χ2n) is 4.73. The molecule has 0 aliphatic heterocycles. The molecule has 0 amide bonds. The van der Waals surface area contributed by atoms with Crippen molar-refractivity contribution in [1.82, 2.24) is 15.0 Å².